The Hall–Kier alpha value is -4.26. The predicted octanol–water partition coefficient (Wildman–Crippen LogP) is 4.67. The first-order valence-electron chi connectivity index (χ1n) is 9.28. The molecule has 30 heavy (non-hydrogen) atoms. The maximum absolute atomic E-state index is 12.9. The number of hydrogen-bond acceptors (Lipinski definition) is 5. The van der Waals surface area contributed by atoms with Gasteiger partial charge in [-0.25, -0.2) is 0 Å². The van der Waals surface area contributed by atoms with E-state index in [4.69, 9.17) is 13.9 Å². The molecule has 1 aliphatic heterocycles. The molecule has 0 spiro atoms. The van der Waals surface area contributed by atoms with Crippen LogP contribution in [0.2, 0.25) is 0 Å². The fourth-order valence-electron chi connectivity index (χ4n) is 3.26. The highest BCUT2D eigenvalue weighted by atomic mass is 16.7. The molecule has 148 valence electrons. The second-order valence-electron chi connectivity index (χ2n) is 6.64. The molecule has 2 heterocycles. The van der Waals surface area contributed by atoms with Gasteiger partial charge in [-0.05, 0) is 42.5 Å². The van der Waals surface area contributed by atoms with Gasteiger partial charge in [0.15, 0.2) is 11.5 Å². The van der Waals surface area contributed by atoms with Gasteiger partial charge in [-0.1, -0.05) is 30.3 Å². The van der Waals surface area contributed by atoms with Gasteiger partial charge in [-0.2, -0.15) is 0 Å². The molecule has 0 saturated heterocycles. The topological polar surface area (TPSA) is 89.8 Å². The average Bonchev–Trinajstić information content (AvgIpc) is 3.39. The average molecular weight is 400 g/mol. The van der Waals surface area contributed by atoms with Crippen molar-refractivity contribution in [3.8, 4) is 11.5 Å². The first kappa shape index (κ1) is 17.8. The van der Waals surface area contributed by atoms with Crippen molar-refractivity contribution in [1.29, 1.82) is 0 Å². The first-order valence-corrected chi connectivity index (χ1v) is 9.28. The zero-order valence-corrected chi connectivity index (χ0v) is 15.7. The van der Waals surface area contributed by atoms with E-state index >= 15 is 0 Å². The zero-order valence-electron chi connectivity index (χ0n) is 15.7. The number of nitrogens with one attached hydrogen (secondary N) is 2. The van der Waals surface area contributed by atoms with Crippen molar-refractivity contribution in [3.05, 3.63) is 84.1 Å². The fourth-order valence-corrected chi connectivity index (χ4v) is 3.26. The summed E-state index contributed by atoms with van der Waals surface area (Å²) in [7, 11) is 0. The lowest BCUT2D eigenvalue weighted by atomic mass is 10.1. The minimum atomic E-state index is -0.460. The summed E-state index contributed by atoms with van der Waals surface area (Å²) in [4.78, 5) is 25.8. The number of carbonyl (C=O) groups is 2. The van der Waals surface area contributed by atoms with E-state index in [0.29, 0.717) is 39.4 Å². The second kappa shape index (κ2) is 7.29. The largest absolute Gasteiger partial charge is 0.454 e. The maximum Gasteiger partial charge on any atom is 0.293 e. The molecule has 5 rings (SSSR count). The Bertz CT molecular complexity index is 1260. The highest BCUT2D eigenvalue weighted by molar-refractivity contribution is 6.17. The normalized spacial score (nSPS) is 12.0. The third-order valence-corrected chi connectivity index (χ3v) is 4.71. The van der Waals surface area contributed by atoms with Crippen LogP contribution in [-0.4, -0.2) is 18.6 Å². The second-order valence-corrected chi connectivity index (χ2v) is 6.64. The summed E-state index contributed by atoms with van der Waals surface area (Å²) in [5.41, 5.74) is 1.80. The summed E-state index contributed by atoms with van der Waals surface area (Å²) in [6, 6.07) is 21.1. The van der Waals surface area contributed by atoms with Gasteiger partial charge in [0, 0.05) is 16.6 Å². The summed E-state index contributed by atoms with van der Waals surface area (Å²) >= 11 is 0. The Kier molecular flexibility index (Phi) is 4.33. The number of fused-ring (bicyclic) bond motifs is 2. The molecular formula is C23H16N2O5. The standard InChI is InChI=1S/C23H16N2O5/c26-22(14-10-11-18-19(12-14)29-13-28-18)25-20-16-8-4-5-9-17(16)30-21(20)23(27)24-15-6-2-1-3-7-15/h1-12H,13H2,(H,24,27)(H,25,26). The van der Waals surface area contributed by atoms with Crippen LogP contribution in [0.25, 0.3) is 11.0 Å². The number of hydrogen-bond donors (Lipinski definition) is 2. The van der Waals surface area contributed by atoms with Gasteiger partial charge in [0.1, 0.15) is 11.3 Å². The summed E-state index contributed by atoms with van der Waals surface area (Å²) in [5.74, 6) is 0.256. The molecule has 3 aromatic carbocycles. The Morgan fingerprint density at radius 2 is 1.53 bits per heavy atom. The van der Waals surface area contributed by atoms with E-state index in [1.807, 2.05) is 24.3 Å². The Morgan fingerprint density at radius 3 is 2.40 bits per heavy atom. The Balaban J connectivity index is 1.49. The van der Waals surface area contributed by atoms with Crippen molar-refractivity contribution in [3.63, 3.8) is 0 Å². The van der Waals surface area contributed by atoms with Gasteiger partial charge in [0.2, 0.25) is 12.6 Å². The minimum Gasteiger partial charge on any atom is -0.454 e. The van der Waals surface area contributed by atoms with E-state index < -0.39 is 11.8 Å². The Morgan fingerprint density at radius 1 is 0.767 bits per heavy atom. The van der Waals surface area contributed by atoms with Crippen molar-refractivity contribution >= 4 is 34.2 Å². The molecule has 1 aromatic heterocycles. The molecule has 0 aliphatic carbocycles. The van der Waals surface area contributed by atoms with E-state index in [9.17, 15) is 9.59 Å². The molecule has 2 amide bonds. The number of furan rings is 1. The lowest BCUT2D eigenvalue weighted by Gasteiger charge is -2.08. The van der Waals surface area contributed by atoms with Crippen molar-refractivity contribution in [2.24, 2.45) is 0 Å². The van der Waals surface area contributed by atoms with E-state index in [2.05, 4.69) is 10.6 Å². The molecule has 0 radical (unpaired) electrons. The van der Waals surface area contributed by atoms with Crippen LogP contribution in [0.1, 0.15) is 20.9 Å². The van der Waals surface area contributed by atoms with Crippen molar-refractivity contribution in [2.75, 3.05) is 17.4 Å². The number of ether oxygens (including phenoxy) is 2. The van der Waals surface area contributed by atoms with Crippen LogP contribution in [-0.2, 0) is 0 Å². The summed E-state index contributed by atoms with van der Waals surface area (Å²) in [6.45, 7) is 0.122. The molecule has 0 unspecified atom stereocenters. The van der Waals surface area contributed by atoms with Gasteiger partial charge in [-0.15, -0.1) is 0 Å². The fraction of sp³-hybridized carbons (Fsp3) is 0.0435. The van der Waals surface area contributed by atoms with Crippen LogP contribution in [0.4, 0.5) is 11.4 Å². The lowest BCUT2D eigenvalue weighted by Crippen LogP contribution is -2.17. The smallest absolute Gasteiger partial charge is 0.293 e. The third kappa shape index (κ3) is 3.22. The van der Waals surface area contributed by atoms with Crippen molar-refractivity contribution in [1.82, 2.24) is 0 Å². The first-order chi connectivity index (χ1) is 14.7. The molecule has 2 N–H and O–H groups in total. The molecular weight excluding hydrogens is 384 g/mol. The molecule has 1 aliphatic rings. The molecule has 0 bridgehead atoms. The van der Waals surface area contributed by atoms with Crippen LogP contribution in [0, 0.1) is 0 Å². The van der Waals surface area contributed by atoms with Crippen LogP contribution in [0.3, 0.4) is 0 Å². The number of benzene rings is 3. The number of para-hydroxylation sites is 2. The highest BCUT2D eigenvalue weighted by Crippen LogP contribution is 2.34. The number of rotatable bonds is 4. The Labute approximate surface area is 171 Å². The molecule has 7 nitrogen and oxygen atoms in total. The van der Waals surface area contributed by atoms with E-state index in [0.717, 1.165) is 0 Å². The van der Waals surface area contributed by atoms with Crippen LogP contribution >= 0.6 is 0 Å². The SMILES string of the molecule is O=C(Nc1c(C(=O)Nc2ccccc2)oc2ccccc12)c1ccc2c(c1)OCO2. The zero-order chi connectivity index (χ0) is 20.5. The van der Waals surface area contributed by atoms with Gasteiger partial charge >= 0.3 is 0 Å². The summed E-state index contributed by atoms with van der Waals surface area (Å²) in [6.07, 6.45) is 0. The van der Waals surface area contributed by atoms with Gasteiger partial charge in [0.05, 0.1) is 0 Å². The van der Waals surface area contributed by atoms with E-state index in [1.165, 1.54) is 0 Å². The lowest BCUT2D eigenvalue weighted by molar-refractivity contribution is 0.0999. The molecule has 0 fully saturated rings. The number of amides is 2. The van der Waals surface area contributed by atoms with Crippen LogP contribution in [0.15, 0.2) is 77.2 Å². The van der Waals surface area contributed by atoms with Crippen molar-refractivity contribution < 1.29 is 23.5 Å². The molecule has 7 heteroatoms. The highest BCUT2D eigenvalue weighted by Gasteiger charge is 2.24. The predicted molar refractivity (Wildman–Crippen MR) is 111 cm³/mol. The summed E-state index contributed by atoms with van der Waals surface area (Å²) in [5, 5.41) is 6.23. The summed E-state index contributed by atoms with van der Waals surface area (Å²) < 4.78 is 16.4. The van der Waals surface area contributed by atoms with E-state index in [1.54, 1.807) is 48.5 Å². The number of carbonyl (C=O) groups excluding carboxylic acids is 2. The molecule has 4 aromatic rings. The molecule has 0 atom stereocenters. The van der Waals surface area contributed by atoms with Gasteiger partial charge in [-0.3, -0.25) is 9.59 Å². The van der Waals surface area contributed by atoms with Gasteiger partial charge in [0.25, 0.3) is 11.8 Å². The van der Waals surface area contributed by atoms with Crippen molar-refractivity contribution in [2.45, 2.75) is 0 Å². The monoisotopic (exact) mass is 400 g/mol. The van der Waals surface area contributed by atoms with E-state index in [-0.39, 0.29) is 12.6 Å². The maximum atomic E-state index is 12.9. The van der Waals surface area contributed by atoms with Crippen LogP contribution < -0.4 is 20.1 Å². The number of anilines is 2. The van der Waals surface area contributed by atoms with Gasteiger partial charge < -0.3 is 24.5 Å². The van der Waals surface area contributed by atoms with Crippen LogP contribution in [0.5, 0.6) is 11.5 Å². The minimum absolute atomic E-state index is 0.0224. The third-order valence-electron chi connectivity index (χ3n) is 4.71. The molecule has 0 saturated carbocycles. The quantitative estimate of drug-likeness (QED) is 0.520.